The van der Waals surface area contributed by atoms with Crippen LogP contribution in [0.4, 0.5) is 4.79 Å². The molecular weight excluding hydrogens is 256 g/mol. The van der Waals surface area contributed by atoms with Crippen LogP contribution in [0.2, 0.25) is 0 Å². The summed E-state index contributed by atoms with van der Waals surface area (Å²) in [5.41, 5.74) is 6.27. The number of ether oxygens (including phenoxy) is 2. The van der Waals surface area contributed by atoms with E-state index in [4.69, 9.17) is 15.2 Å². The zero-order valence-corrected chi connectivity index (χ0v) is 11.9. The van der Waals surface area contributed by atoms with Crippen molar-refractivity contribution < 1.29 is 14.3 Å². The van der Waals surface area contributed by atoms with Gasteiger partial charge in [-0.15, -0.1) is 0 Å². The Morgan fingerprint density at radius 1 is 1.40 bits per heavy atom. The number of nitrogens with two attached hydrogens (primary N) is 1. The Labute approximate surface area is 119 Å². The summed E-state index contributed by atoms with van der Waals surface area (Å²) < 4.78 is 11.0. The van der Waals surface area contributed by atoms with Gasteiger partial charge >= 0.3 is 6.03 Å². The van der Waals surface area contributed by atoms with Gasteiger partial charge < -0.3 is 20.5 Å². The summed E-state index contributed by atoms with van der Waals surface area (Å²) in [6.45, 7) is 2.96. The van der Waals surface area contributed by atoms with Crippen molar-refractivity contribution in [1.29, 1.82) is 0 Å². The molecule has 1 heterocycles. The molecule has 3 N–H and O–H groups in total. The molecule has 1 aromatic rings. The molecule has 1 unspecified atom stereocenters. The number of carbonyl (C=O) groups is 1. The lowest BCUT2D eigenvalue weighted by molar-refractivity contribution is 0.172. The molecule has 2 rings (SSSR count). The Morgan fingerprint density at radius 3 is 3.00 bits per heavy atom. The Morgan fingerprint density at radius 2 is 2.25 bits per heavy atom. The fourth-order valence-corrected chi connectivity index (χ4v) is 2.51. The molecule has 2 amide bonds. The number of hydrogen-bond acceptors (Lipinski definition) is 3. The first-order valence-electron chi connectivity index (χ1n) is 7.14. The first-order chi connectivity index (χ1) is 9.72. The quantitative estimate of drug-likeness (QED) is 0.753. The van der Waals surface area contributed by atoms with Gasteiger partial charge in [0.25, 0.3) is 0 Å². The van der Waals surface area contributed by atoms with E-state index in [-0.39, 0.29) is 12.7 Å². The van der Waals surface area contributed by atoms with Crippen LogP contribution < -0.4 is 20.5 Å². The smallest absolute Gasteiger partial charge is 0.312 e. The second-order valence-corrected chi connectivity index (χ2v) is 5.02. The summed E-state index contributed by atoms with van der Waals surface area (Å²) in [6.07, 6.45) is 4.46. The topological polar surface area (TPSA) is 73.6 Å². The molecule has 0 radical (unpaired) electrons. The lowest BCUT2D eigenvalue weighted by atomic mass is 9.92. The van der Waals surface area contributed by atoms with Crippen molar-refractivity contribution in [3.05, 3.63) is 23.8 Å². The number of carbonyl (C=O) groups excluding carboxylic acids is 1. The molecule has 1 atom stereocenters. The maximum atomic E-state index is 11.0. The van der Waals surface area contributed by atoms with E-state index in [1.54, 1.807) is 0 Å². The highest BCUT2D eigenvalue weighted by molar-refractivity contribution is 5.71. The number of hydrogen-bond donors (Lipinski definition) is 2. The summed E-state index contributed by atoms with van der Waals surface area (Å²) in [4.78, 5) is 11.0. The SMILES string of the molecule is CCCCCC(CNC(N)=O)c1cccc2c1OCO2. The molecule has 1 aromatic carbocycles. The normalized spacial score (nSPS) is 14.1. The third-order valence-corrected chi connectivity index (χ3v) is 3.55. The molecule has 20 heavy (non-hydrogen) atoms. The summed E-state index contributed by atoms with van der Waals surface area (Å²) in [5.74, 6) is 1.79. The van der Waals surface area contributed by atoms with Gasteiger partial charge in [-0.3, -0.25) is 0 Å². The number of amides is 2. The van der Waals surface area contributed by atoms with Gasteiger partial charge in [0.05, 0.1) is 0 Å². The molecule has 0 bridgehead atoms. The number of unbranched alkanes of at least 4 members (excludes halogenated alkanes) is 2. The van der Waals surface area contributed by atoms with Gasteiger partial charge in [-0.2, -0.15) is 0 Å². The standard InChI is InChI=1S/C15H22N2O3/c1-2-3-4-6-11(9-17-15(16)18)12-7-5-8-13-14(12)20-10-19-13/h5,7-8,11H,2-4,6,9-10H2,1H3,(H3,16,17,18). The molecule has 0 saturated carbocycles. The maximum absolute atomic E-state index is 11.0. The molecule has 0 aliphatic carbocycles. The third-order valence-electron chi connectivity index (χ3n) is 3.55. The van der Waals surface area contributed by atoms with E-state index in [1.807, 2.05) is 18.2 Å². The van der Waals surface area contributed by atoms with Crippen LogP contribution in [0, 0.1) is 0 Å². The predicted molar refractivity (Wildman–Crippen MR) is 77.0 cm³/mol. The largest absolute Gasteiger partial charge is 0.454 e. The number of urea groups is 1. The van der Waals surface area contributed by atoms with Gasteiger partial charge in [-0.05, 0) is 12.5 Å². The van der Waals surface area contributed by atoms with Crippen molar-refractivity contribution in [3.63, 3.8) is 0 Å². The maximum Gasteiger partial charge on any atom is 0.312 e. The van der Waals surface area contributed by atoms with E-state index < -0.39 is 6.03 Å². The lowest BCUT2D eigenvalue weighted by Crippen LogP contribution is -2.33. The minimum Gasteiger partial charge on any atom is -0.454 e. The number of primary amides is 1. The lowest BCUT2D eigenvalue weighted by Gasteiger charge is -2.19. The monoisotopic (exact) mass is 278 g/mol. The number of nitrogens with one attached hydrogen (secondary N) is 1. The number of fused-ring (bicyclic) bond motifs is 1. The zero-order chi connectivity index (χ0) is 14.4. The molecule has 0 saturated heterocycles. The molecular formula is C15H22N2O3. The predicted octanol–water partition coefficient (Wildman–Crippen LogP) is 2.75. The van der Waals surface area contributed by atoms with Crippen LogP contribution >= 0.6 is 0 Å². The van der Waals surface area contributed by atoms with Gasteiger partial charge in [0.15, 0.2) is 11.5 Å². The molecule has 5 nitrogen and oxygen atoms in total. The highest BCUT2D eigenvalue weighted by Crippen LogP contribution is 2.40. The molecule has 1 aliphatic rings. The Balaban J connectivity index is 2.12. The fraction of sp³-hybridized carbons (Fsp3) is 0.533. The molecule has 110 valence electrons. The van der Waals surface area contributed by atoms with E-state index >= 15 is 0 Å². The second-order valence-electron chi connectivity index (χ2n) is 5.02. The molecule has 5 heteroatoms. The minimum atomic E-state index is -0.491. The highest BCUT2D eigenvalue weighted by Gasteiger charge is 2.23. The van der Waals surface area contributed by atoms with Crippen LogP contribution in [0.5, 0.6) is 11.5 Å². The zero-order valence-electron chi connectivity index (χ0n) is 11.9. The Kier molecular flexibility index (Phi) is 5.09. The van der Waals surface area contributed by atoms with Crippen LogP contribution in [0.1, 0.15) is 44.1 Å². The van der Waals surface area contributed by atoms with E-state index in [0.717, 1.165) is 29.9 Å². The first kappa shape index (κ1) is 14.5. The van der Waals surface area contributed by atoms with Crippen molar-refractivity contribution in [2.24, 2.45) is 5.73 Å². The van der Waals surface area contributed by atoms with Crippen LogP contribution in [0.3, 0.4) is 0 Å². The van der Waals surface area contributed by atoms with Crippen LogP contribution in [-0.4, -0.2) is 19.4 Å². The van der Waals surface area contributed by atoms with E-state index in [0.29, 0.717) is 6.54 Å². The molecule has 0 fully saturated rings. The van der Waals surface area contributed by atoms with Crippen LogP contribution in [-0.2, 0) is 0 Å². The highest BCUT2D eigenvalue weighted by atomic mass is 16.7. The van der Waals surface area contributed by atoms with Crippen molar-refractivity contribution >= 4 is 6.03 Å². The second kappa shape index (κ2) is 7.03. The summed E-state index contributed by atoms with van der Waals surface area (Å²) >= 11 is 0. The van der Waals surface area contributed by atoms with Gasteiger partial charge in [0.1, 0.15) is 0 Å². The van der Waals surface area contributed by atoms with Crippen molar-refractivity contribution in [2.45, 2.75) is 38.5 Å². The molecule has 1 aliphatic heterocycles. The van der Waals surface area contributed by atoms with E-state index in [1.165, 1.54) is 12.8 Å². The Bertz CT molecular complexity index is 462. The van der Waals surface area contributed by atoms with Gasteiger partial charge in [-0.1, -0.05) is 38.3 Å². The third kappa shape index (κ3) is 3.56. The van der Waals surface area contributed by atoms with Crippen LogP contribution in [0.25, 0.3) is 0 Å². The van der Waals surface area contributed by atoms with Crippen molar-refractivity contribution in [1.82, 2.24) is 5.32 Å². The average molecular weight is 278 g/mol. The summed E-state index contributed by atoms with van der Waals surface area (Å²) in [7, 11) is 0. The molecule has 0 spiro atoms. The van der Waals surface area contributed by atoms with Crippen LogP contribution in [0.15, 0.2) is 18.2 Å². The number of para-hydroxylation sites is 1. The van der Waals surface area contributed by atoms with Crippen molar-refractivity contribution in [2.75, 3.05) is 13.3 Å². The number of rotatable bonds is 7. The summed E-state index contributed by atoms with van der Waals surface area (Å²) in [5, 5.41) is 2.70. The Hall–Kier alpha value is -1.91. The van der Waals surface area contributed by atoms with Crippen molar-refractivity contribution in [3.8, 4) is 11.5 Å². The van der Waals surface area contributed by atoms with Gasteiger partial charge in [-0.25, -0.2) is 4.79 Å². The summed E-state index contributed by atoms with van der Waals surface area (Å²) in [6, 6.07) is 5.40. The minimum absolute atomic E-state index is 0.200. The first-order valence-corrected chi connectivity index (χ1v) is 7.14. The van der Waals surface area contributed by atoms with E-state index in [2.05, 4.69) is 12.2 Å². The fourth-order valence-electron chi connectivity index (χ4n) is 2.51. The average Bonchev–Trinajstić information content (AvgIpc) is 2.91. The van der Waals surface area contributed by atoms with Gasteiger partial charge in [0, 0.05) is 18.0 Å². The molecule has 0 aromatic heterocycles. The van der Waals surface area contributed by atoms with E-state index in [9.17, 15) is 4.79 Å². The van der Waals surface area contributed by atoms with Gasteiger partial charge in [0.2, 0.25) is 6.79 Å². The number of benzene rings is 1.